The van der Waals surface area contributed by atoms with E-state index in [2.05, 4.69) is 10.4 Å². The molecule has 0 spiro atoms. The molecule has 158 valence electrons. The van der Waals surface area contributed by atoms with Crippen LogP contribution >= 0.6 is 0 Å². The van der Waals surface area contributed by atoms with Crippen molar-refractivity contribution in [3.8, 4) is 5.69 Å². The molecule has 1 unspecified atom stereocenters. The largest absolute Gasteiger partial charge is 0.324 e. The second-order valence-electron chi connectivity index (χ2n) is 8.42. The van der Waals surface area contributed by atoms with Crippen LogP contribution in [-0.4, -0.2) is 32.5 Å². The van der Waals surface area contributed by atoms with Crippen LogP contribution in [0.3, 0.4) is 0 Å². The molecule has 0 bridgehead atoms. The second kappa shape index (κ2) is 8.38. The molecule has 6 heteroatoms. The number of benzene rings is 2. The predicted molar refractivity (Wildman–Crippen MR) is 119 cm³/mol. The van der Waals surface area contributed by atoms with Crippen LogP contribution in [0.25, 0.3) is 5.69 Å². The Morgan fingerprint density at radius 3 is 2.48 bits per heavy atom. The van der Waals surface area contributed by atoms with Gasteiger partial charge in [-0.1, -0.05) is 37.5 Å². The fourth-order valence-electron chi connectivity index (χ4n) is 4.87. The summed E-state index contributed by atoms with van der Waals surface area (Å²) in [4.78, 5) is 28.8. The molecule has 1 saturated carbocycles. The number of hydrogen-bond acceptors (Lipinski definition) is 3. The maximum atomic E-state index is 13.7. The number of hydrogen-bond donors (Lipinski definition) is 1. The minimum atomic E-state index is -0.453. The van der Waals surface area contributed by atoms with Gasteiger partial charge >= 0.3 is 0 Å². The summed E-state index contributed by atoms with van der Waals surface area (Å²) < 4.78 is 1.76. The highest BCUT2D eigenvalue weighted by molar-refractivity contribution is 6.02. The van der Waals surface area contributed by atoms with E-state index in [1.807, 2.05) is 60.8 Å². The monoisotopic (exact) mass is 414 g/mol. The minimum absolute atomic E-state index is 0.0710. The van der Waals surface area contributed by atoms with Gasteiger partial charge in [0.05, 0.1) is 5.69 Å². The van der Waals surface area contributed by atoms with Crippen LogP contribution in [0.2, 0.25) is 0 Å². The minimum Gasteiger partial charge on any atom is -0.324 e. The molecule has 1 N–H and O–H groups in total. The highest BCUT2D eigenvalue weighted by Crippen LogP contribution is 2.34. The Morgan fingerprint density at radius 2 is 1.74 bits per heavy atom. The van der Waals surface area contributed by atoms with Crippen molar-refractivity contribution in [2.45, 2.75) is 44.7 Å². The van der Waals surface area contributed by atoms with Crippen LogP contribution in [0.5, 0.6) is 0 Å². The highest BCUT2D eigenvalue weighted by Gasteiger charge is 2.39. The first-order valence-corrected chi connectivity index (χ1v) is 11.0. The summed E-state index contributed by atoms with van der Waals surface area (Å²) in [5.41, 5.74) is 3.25. The van der Waals surface area contributed by atoms with Crippen LogP contribution in [0, 0.1) is 5.92 Å². The molecule has 1 atom stereocenters. The summed E-state index contributed by atoms with van der Waals surface area (Å²) in [6, 6.07) is 16.6. The summed E-state index contributed by atoms with van der Waals surface area (Å²) in [5.74, 6) is 0.0168. The van der Waals surface area contributed by atoms with E-state index in [1.165, 1.54) is 6.42 Å². The number of amides is 2. The fraction of sp³-hybridized carbons (Fsp3) is 0.320. The van der Waals surface area contributed by atoms with E-state index in [4.69, 9.17) is 0 Å². The molecule has 0 radical (unpaired) electrons. The first-order valence-electron chi connectivity index (χ1n) is 11.0. The molecule has 2 amide bonds. The van der Waals surface area contributed by atoms with Gasteiger partial charge in [-0.3, -0.25) is 9.59 Å². The van der Waals surface area contributed by atoms with Crippen molar-refractivity contribution in [1.82, 2.24) is 14.7 Å². The number of anilines is 1. The van der Waals surface area contributed by atoms with E-state index < -0.39 is 6.04 Å². The molecule has 1 aliphatic heterocycles. The molecule has 2 aliphatic rings. The Labute approximate surface area is 181 Å². The van der Waals surface area contributed by atoms with E-state index in [0.717, 1.165) is 42.6 Å². The molecule has 2 heterocycles. The topological polar surface area (TPSA) is 67.2 Å². The van der Waals surface area contributed by atoms with E-state index in [9.17, 15) is 9.59 Å². The van der Waals surface area contributed by atoms with Gasteiger partial charge in [-0.2, -0.15) is 5.10 Å². The number of carbonyl (C=O) groups excluding carboxylic acids is 2. The molecule has 3 aromatic rings. The van der Waals surface area contributed by atoms with Crippen molar-refractivity contribution >= 4 is 17.5 Å². The molecule has 1 aliphatic carbocycles. The quantitative estimate of drug-likeness (QED) is 0.690. The summed E-state index contributed by atoms with van der Waals surface area (Å²) in [6.45, 7) is 0.426. The molecule has 6 nitrogen and oxygen atoms in total. The zero-order valence-corrected chi connectivity index (χ0v) is 17.4. The van der Waals surface area contributed by atoms with Gasteiger partial charge in [0.1, 0.15) is 6.04 Å². The van der Waals surface area contributed by atoms with Crippen LogP contribution in [0.1, 0.15) is 48.0 Å². The third kappa shape index (κ3) is 3.85. The van der Waals surface area contributed by atoms with Crippen molar-refractivity contribution in [1.29, 1.82) is 0 Å². The summed E-state index contributed by atoms with van der Waals surface area (Å²) in [5, 5.41) is 7.33. The molecule has 1 fully saturated rings. The molecule has 31 heavy (non-hydrogen) atoms. The molecule has 1 aromatic heterocycles. The second-order valence-corrected chi connectivity index (χ2v) is 8.42. The van der Waals surface area contributed by atoms with Crippen LogP contribution < -0.4 is 5.32 Å². The van der Waals surface area contributed by atoms with E-state index >= 15 is 0 Å². The van der Waals surface area contributed by atoms with E-state index in [1.54, 1.807) is 15.8 Å². The average Bonchev–Trinajstić information content (AvgIpc) is 3.30. The number of carbonyl (C=O) groups is 2. The standard InChI is InChI=1S/C25H26N4O2/c30-24-23(18-7-2-1-3-8-18)28(17-20-9-4-5-10-22(20)27-24)25(31)19-11-13-21(14-12-19)29-16-6-15-26-29/h4-6,9-16,18,23H,1-3,7-8,17H2,(H,27,30). The lowest BCUT2D eigenvalue weighted by atomic mass is 9.82. The Hall–Kier alpha value is -3.41. The van der Waals surface area contributed by atoms with Crippen LogP contribution in [-0.2, 0) is 11.3 Å². The highest BCUT2D eigenvalue weighted by atomic mass is 16.2. The van der Waals surface area contributed by atoms with Gasteiger partial charge in [-0.05, 0) is 60.7 Å². The number of nitrogens with one attached hydrogen (secondary N) is 1. The first-order chi connectivity index (χ1) is 15.2. The average molecular weight is 415 g/mol. The van der Waals surface area contributed by atoms with Crippen molar-refractivity contribution in [2.75, 3.05) is 5.32 Å². The molecule has 0 saturated heterocycles. The lowest BCUT2D eigenvalue weighted by Gasteiger charge is -2.36. The number of fused-ring (bicyclic) bond motifs is 1. The van der Waals surface area contributed by atoms with Crippen molar-refractivity contribution in [2.24, 2.45) is 5.92 Å². The van der Waals surface area contributed by atoms with Crippen LogP contribution in [0.15, 0.2) is 67.0 Å². The summed E-state index contributed by atoms with van der Waals surface area (Å²) in [6.07, 6.45) is 8.98. The molecule has 2 aromatic carbocycles. The zero-order valence-electron chi connectivity index (χ0n) is 17.4. The smallest absolute Gasteiger partial charge is 0.254 e. The molecular formula is C25H26N4O2. The fourth-order valence-corrected chi connectivity index (χ4v) is 4.87. The SMILES string of the molecule is O=C1Nc2ccccc2CN(C(=O)c2ccc(-n3cccn3)cc2)C1C1CCCCC1. The predicted octanol–water partition coefficient (Wildman–Crippen LogP) is 4.42. The van der Waals surface area contributed by atoms with Gasteiger partial charge in [0.25, 0.3) is 5.91 Å². The normalized spacial score (nSPS) is 19.4. The van der Waals surface area contributed by atoms with Crippen molar-refractivity contribution in [3.05, 3.63) is 78.1 Å². The lowest BCUT2D eigenvalue weighted by Crippen LogP contribution is -2.50. The Kier molecular flexibility index (Phi) is 5.28. The lowest BCUT2D eigenvalue weighted by molar-refractivity contribution is -0.122. The Morgan fingerprint density at radius 1 is 0.968 bits per heavy atom. The Bertz CT molecular complexity index is 1070. The zero-order chi connectivity index (χ0) is 21.2. The number of aromatic nitrogens is 2. The third-order valence-electron chi connectivity index (χ3n) is 6.46. The van der Waals surface area contributed by atoms with E-state index in [0.29, 0.717) is 12.1 Å². The number of para-hydroxylation sites is 1. The van der Waals surface area contributed by atoms with Crippen LogP contribution in [0.4, 0.5) is 5.69 Å². The van der Waals surface area contributed by atoms with Gasteiger partial charge in [0, 0.05) is 30.2 Å². The number of rotatable bonds is 3. The maximum absolute atomic E-state index is 13.7. The Balaban J connectivity index is 1.49. The number of nitrogens with zero attached hydrogens (tertiary/aromatic N) is 3. The molecular weight excluding hydrogens is 388 g/mol. The summed E-state index contributed by atoms with van der Waals surface area (Å²) >= 11 is 0. The van der Waals surface area contributed by atoms with Gasteiger partial charge in [-0.25, -0.2) is 4.68 Å². The van der Waals surface area contributed by atoms with Gasteiger partial charge in [0.15, 0.2) is 0 Å². The van der Waals surface area contributed by atoms with E-state index in [-0.39, 0.29) is 17.7 Å². The summed E-state index contributed by atoms with van der Waals surface area (Å²) in [7, 11) is 0. The van der Waals surface area contributed by atoms with Gasteiger partial charge in [0.2, 0.25) is 5.91 Å². The van der Waals surface area contributed by atoms with Crippen molar-refractivity contribution in [3.63, 3.8) is 0 Å². The van der Waals surface area contributed by atoms with Gasteiger partial charge < -0.3 is 10.2 Å². The van der Waals surface area contributed by atoms with Gasteiger partial charge in [-0.15, -0.1) is 0 Å². The maximum Gasteiger partial charge on any atom is 0.254 e. The third-order valence-corrected chi connectivity index (χ3v) is 6.46. The molecule has 5 rings (SSSR count). The first kappa shape index (κ1) is 19.5. The van der Waals surface area contributed by atoms with Crippen molar-refractivity contribution < 1.29 is 9.59 Å².